The molecule has 4 aromatic carbocycles. The first-order valence-electron chi connectivity index (χ1n) is 10.8. The minimum Gasteiger partial charge on any atom is -0.497 e. The number of halogens is 3. The van der Waals surface area contributed by atoms with E-state index in [0.717, 1.165) is 0 Å². The van der Waals surface area contributed by atoms with E-state index in [9.17, 15) is 18.0 Å². The van der Waals surface area contributed by atoms with Gasteiger partial charge in [-0.15, -0.1) is 0 Å². The van der Waals surface area contributed by atoms with Gasteiger partial charge in [0.05, 0.1) is 19.3 Å². The van der Waals surface area contributed by atoms with Gasteiger partial charge in [0, 0.05) is 17.2 Å². The van der Waals surface area contributed by atoms with Gasteiger partial charge in [0.25, 0.3) is 0 Å². The molecule has 4 nitrogen and oxygen atoms in total. The molecule has 0 bridgehead atoms. The quantitative estimate of drug-likeness (QED) is 0.211. The van der Waals surface area contributed by atoms with E-state index in [1.807, 2.05) is 0 Å². The Morgan fingerprint density at radius 2 is 1.34 bits per heavy atom. The average molecular weight is 478 g/mol. The Bertz CT molecular complexity index is 1350. The second kappa shape index (κ2) is 10.3. The molecule has 0 heterocycles. The van der Waals surface area contributed by atoms with Gasteiger partial charge in [0.2, 0.25) is 5.82 Å². The summed E-state index contributed by atoms with van der Waals surface area (Å²) in [5.74, 6) is -3.30. The largest absolute Gasteiger partial charge is 0.497 e. The fourth-order valence-electron chi connectivity index (χ4n) is 3.54. The van der Waals surface area contributed by atoms with Crippen LogP contribution in [-0.2, 0) is 0 Å². The minimum absolute atomic E-state index is 0.0201. The number of ether oxygens (including phenoxy) is 3. The van der Waals surface area contributed by atoms with Crippen LogP contribution in [0.15, 0.2) is 78.9 Å². The lowest BCUT2D eigenvalue weighted by Crippen LogP contribution is -2.10. The SMILES string of the molecule is CCOc1ccc(-c2ccc(C(=O)Oc3ccc(-c4ccc(OC)cc4)c(F)c3F)cc2)c(F)c1. The smallest absolute Gasteiger partial charge is 0.343 e. The molecule has 0 atom stereocenters. The zero-order chi connectivity index (χ0) is 24.9. The summed E-state index contributed by atoms with van der Waals surface area (Å²) in [6.07, 6.45) is 0. The third kappa shape index (κ3) is 5.14. The monoisotopic (exact) mass is 478 g/mol. The van der Waals surface area contributed by atoms with Crippen molar-refractivity contribution in [2.24, 2.45) is 0 Å². The molecule has 0 aliphatic heterocycles. The molecule has 0 unspecified atom stereocenters. The van der Waals surface area contributed by atoms with Crippen LogP contribution in [0.2, 0.25) is 0 Å². The average Bonchev–Trinajstić information content (AvgIpc) is 2.87. The maximum Gasteiger partial charge on any atom is 0.343 e. The highest BCUT2D eigenvalue weighted by Crippen LogP contribution is 2.32. The van der Waals surface area contributed by atoms with Crippen molar-refractivity contribution in [3.05, 3.63) is 102 Å². The van der Waals surface area contributed by atoms with Gasteiger partial charge < -0.3 is 14.2 Å². The minimum atomic E-state index is -1.28. The number of benzene rings is 4. The van der Waals surface area contributed by atoms with Crippen LogP contribution in [0, 0.1) is 17.5 Å². The first kappa shape index (κ1) is 23.9. The molecular weight excluding hydrogens is 457 g/mol. The van der Waals surface area contributed by atoms with E-state index in [1.54, 1.807) is 55.5 Å². The van der Waals surface area contributed by atoms with E-state index in [2.05, 4.69) is 0 Å². The summed E-state index contributed by atoms with van der Waals surface area (Å²) in [6, 6.07) is 19.4. The lowest BCUT2D eigenvalue weighted by Gasteiger charge is -2.11. The van der Waals surface area contributed by atoms with Crippen molar-refractivity contribution in [3.8, 4) is 39.5 Å². The molecule has 0 aromatic heterocycles. The zero-order valence-electron chi connectivity index (χ0n) is 19.0. The highest BCUT2D eigenvalue weighted by Gasteiger charge is 2.19. The van der Waals surface area contributed by atoms with Crippen LogP contribution in [0.4, 0.5) is 13.2 Å². The molecule has 35 heavy (non-hydrogen) atoms. The molecule has 7 heteroatoms. The molecule has 0 spiro atoms. The van der Waals surface area contributed by atoms with Crippen LogP contribution in [-0.4, -0.2) is 19.7 Å². The lowest BCUT2D eigenvalue weighted by atomic mass is 10.0. The topological polar surface area (TPSA) is 44.8 Å². The predicted molar refractivity (Wildman–Crippen MR) is 126 cm³/mol. The Morgan fingerprint density at radius 3 is 1.97 bits per heavy atom. The lowest BCUT2D eigenvalue weighted by molar-refractivity contribution is 0.0727. The van der Waals surface area contributed by atoms with Crippen LogP contribution in [0.5, 0.6) is 17.2 Å². The molecule has 0 saturated heterocycles. The summed E-state index contributed by atoms with van der Waals surface area (Å²) in [5, 5.41) is 0. The molecule has 178 valence electrons. The van der Waals surface area contributed by atoms with E-state index in [1.165, 1.54) is 37.4 Å². The predicted octanol–water partition coefficient (Wildman–Crippen LogP) is 7.06. The number of carbonyl (C=O) groups is 1. The highest BCUT2D eigenvalue weighted by atomic mass is 19.2. The Morgan fingerprint density at radius 1 is 0.743 bits per heavy atom. The second-order valence-corrected chi connectivity index (χ2v) is 7.51. The van der Waals surface area contributed by atoms with Crippen LogP contribution in [0.1, 0.15) is 17.3 Å². The molecule has 0 radical (unpaired) electrons. The zero-order valence-corrected chi connectivity index (χ0v) is 19.0. The molecule has 0 aliphatic carbocycles. The Labute approximate surface area is 200 Å². The second-order valence-electron chi connectivity index (χ2n) is 7.51. The third-order valence-corrected chi connectivity index (χ3v) is 5.33. The molecule has 0 fully saturated rings. The number of rotatable bonds is 7. The van der Waals surface area contributed by atoms with Gasteiger partial charge in [-0.05, 0) is 66.6 Å². The molecule has 0 N–H and O–H groups in total. The fraction of sp³-hybridized carbons (Fsp3) is 0.107. The Kier molecular flexibility index (Phi) is 7.06. The van der Waals surface area contributed by atoms with Crippen molar-refractivity contribution in [1.29, 1.82) is 0 Å². The van der Waals surface area contributed by atoms with E-state index < -0.39 is 29.2 Å². The summed E-state index contributed by atoms with van der Waals surface area (Å²) in [5.41, 5.74) is 1.42. The van der Waals surface area contributed by atoms with Gasteiger partial charge in [0.1, 0.15) is 17.3 Å². The Hall–Kier alpha value is -4.26. The van der Waals surface area contributed by atoms with Crippen LogP contribution >= 0.6 is 0 Å². The van der Waals surface area contributed by atoms with E-state index in [0.29, 0.717) is 34.8 Å². The first-order valence-corrected chi connectivity index (χ1v) is 10.8. The van der Waals surface area contributed by atoms with Crippen molar-refractivity contribution >= 4 is 5.97 Å². The van der Waals surface area contributed by atoms with Crippen molar-refractivity contribution in [2.45, 2.75) is 6.92 Å². The van der Waals surface area contributed by atoms with Crippen molar-refractivity contribution in [2.75, 3.05) is 13.7 Å². The van der Waals surface area contributed by atoms with Crippen molar-refractivity contribution in [3.63, 3.8) is 0 Å². The third-order valence-electron chi connectivity index (χ3n) is 5.33. The number of carbonyl (C=O) groups excluding carboxylic acids is 1. The summed E-state index contributed by atoms with van der Waals surface area (Å²) in [4.78, 5) is 12.5. The van der Waals surface area contributed by atoms with E-state index >= 15 is 0 Å². The molecule has 4 rings (SSSR count). The summed E-state index contributed by atoms with van der Waals surface area (Å²) in [6.45, 7) is 2.23. The van der Waals surface area contributed by atoms with E-state index in [4.69, 9.17) is 14.2 Å². The molecule has 0 saturated carbocycles. The maximum atomic E-state index is 14.7. The van der Waals surface area contributed by atoms with Crippen molar-refractivity contribution in [1.82, 2.24) is 0 Å². The number of esters is 1. The van der Waals surface area contributed by atoms with Crippen LogP contribution in [0.25, 0.3) is 22.3 Å². The van der Waals surface area contributed by atoms with Gasteiger partial charge in [-0.2, -0.15) is 4.39 Å². The van der Waals surface area contributed by atoms with Crippen LogP contribution in [0.3, 0.4) is 0 Å². The molecule has 0 amide bonds. The molecule has 0 aliphatic rings. The number of hydrogen-bond donors (Lipinski definition) is 0. The highest BCUT2D eigenvalue weighted by molar-refractivity contribution is 5.91. The molecular formula is C28H21F3O4. The van der Waals surface area contributed by atoms with Gasteiger partial charge >= 0.3 is 5.97 Å². The normalized spacial score (nSPS) is 10.7. The number of methoxy groups -OCH3 is 1. The Balaban J connectivity index is 1.51. The maximum absolute atomic E-state index is 14.7. The van der Waals surface area contributed by atoms with Gasteiger partial charge in [0.15, 0.2) is 11.6 Å². The summed E-state index contributed by atoms with van der Waals surface area (Å²) in [7, 11) is 1.50. The van der Waals surface area contributed by atoms with Crippen LogP contribution < -0.4 is 14.2 Å². The van der Waals surface area contributed by atoms with Gasteiger partial charge in [-0.1, -0.05) is 24.3 Å². The van der Waals surface area contributed by atoms with Gasteiger partial charge in [-0.25, -0.2) is 13.6 Å². The fourth-order valence-corrected chi connectivity index (χ4v) is 3.54. The van der Waals surface area contributed by atoms with E-state index in [-0.39, 0.29) is 11.1 Å². The summed E-state index contributed by atoms with van der Waals surface area (Å²) >= 11 is 0. The van der Waals surface area contributed by atoms with Gasteiger partial charge in [-0.3, -0.25) is 0 Å². The standard InChI is InChI=1S/C28H21F3O4/c1-3-34-21-12-13-22(24(29)16-21)17-4-6-19(7-5-17)28(32)35-25-15-14-23(26(30)27(25)31)18-8-10-20(33-2)11-9-18/h4-16H,3H2,1-2H3. The number of hydrogen-bond acceptors (Lipinski definition) is 4. The summed E-state index contributed by atoms with van der Waals surface area (Å²) < 4.78 is 59.2. The van der Waals surface area contributed by atoms with Crippen molar-refractivity contribution < 1.29 is 32.2 Å². The molecule has 4 aromatic rings. The first-order chi connectivity index (χ1) is 16.9.